The summed E-state index contributed by atoms with van der Waals surface area (Å²) in [5.41, 5.74) is 1.08. The van der Waals surface area contributed by atoms with E-state index in [1.54, 1.807) is 0 Å². The fourth-order valence-corrected chi connectivity index (χ4v) is 2.92. The Balaban J connectivity index is 1.70. The molecule has 4 atom stereocenters. The van der Waals surface area contributed by atoms with Crippen LogP contribution in [0.25, 0.3) is 0 Å². The first kappa shape index (κ1) is 14.9. The molecular formula is C16H22O5. The summed E-state index contributed by atoms with van der Waals surface area (Å²) < 4.78 is 23.4. The lowest BCUT2D eigenvalue weighted by atomic mass is 10.0. The largest absolute Gasteiger partial charge is 0.394 e. The number of aliphatic hydroxyl groups is 1. The Labute approximate surface area is 124 Å². The van der Waals surface area contributed by atoms with Crippen LogP contribution in [-0.4, -0.2) is 48.5 Å². The van der Waals surface area contributed by atoms with Crippen LogP contribution in [0.5, 0.6) is 0 Å². The van der Waals surface area contributed by atoms with Crippen molar-refractivity contribution in [2.75, 3.05) is 13.2 Å². The first-order valence-electron chi connectivity index (χ1n) is 7.33. The number of rotatable bonds is 4. The second-order valence-electron chi connectivity index (χ2n) is 5.95. The zero-order valence-electron chi connectivity index (χ0n) is 12.4. The molecule has 0 unspecified atom stereocenters. The molecule has 1 aromatic rings. The second-order valence-corrected chi connectivity index (χ2v) is 5.95. The van der Waals surface area contributed by atoms with Crippen molar-refractivity contribution in [3.63, 3.8) is 0 Å². The number of benzene rings is 1. The molecule has 0 bridgehead atoms. The molecule has 5 heteroatoms. The summed E-state index contributed by atoms with van der Waals surface area (Å²) in [7, 11) is 0. The van der Waals surface area contributed by atoms with Crippen LogP contribution in [0.2, 0.25) is 0 Å². The van der Waals surface area contributed by atoms with Gasteiger partial charge in [-0.1, -0.05) is 30.3 Å². The number of aliphatic hydroxyl groups excluding tert-OH is 1. The average molecular weight is 294 g/mol. The normalized spacial score (nSPS) is 34.6. The van der Waals surface area contributed by atoms with Gasteiger partial charge in [-0.05, 0) is 19.4 Å². The number of hydrogen-bond donors (Lipinski definition) is 1. The Morgan fingerprint density at radius 2 is 2.00 bits per heavy atom. The van der Waals surface area contributed by atoms with Crippen molar-refractivity contribution >= 4 is 0 Å². The lowest BCUT2D eigenvalue weighted by Crippen LogP contribution is -2.54. The summed E-state index contributed by atoms with van der Waals surface area (Å²) in [5, 5.41) is 9.51. The highest BCUT2D eigenvalue weighted by Gasteiger charge is 2.51. The van der Waals surface area contributed by atoms with Crippen molar-refractivity contribution in [1.29, 1.82) is 0 Å². The van der Waals surface area contributed by atoms with E-state index < -0.39 is 5.79 Å². The molecule has 2 aliphatic rings. The highest BCUT2D eigenvalue weighted by atomic mass is 16.8. The molecular weight excluding hydrogens is 272 g/mol. The van der Waals surface area contributed by atoms with Crippen LogP contribution < -0.4 is 0 Å². The van der Waals surface area contributed by atoms with Gasteiger partial charge in [-0.15, -0.1) is 0 Å². The van der Waals surface area contributed by atoms with Gasteiger partial charge in [-0.25, -0.2) is 0 Å². The van der Waals surface area contributed by atoms with Crippen molar-refractivity contribution in [3.8, 4) is 0 Å². The van der Waals surface area contributed by atoms with E-state index in [0.717, 1.165) is 5.56 Å². The maximum atomic E-state index is 9.51. The lowest BCUT2D eigenvalue weighted by molar-refractivity contribution is -0.190. The Bertz CT molecular complexity index is 461. The summed E-state index contributed by atoms with van der Waals surface area (Å²) in [4.78, 5) is 0. The van der Waals surface area contributed by atoms with E-state index in [4.69, 9.17) is 18.9 Å². The third-order valence-electron chi connectivity index (χ3n) is 3.85. The lowest BCUT2D eigenvalue weighted by Gasteiger charge is -2.36. The number of ether oxygens (including phenoxy) is 4. The van der Waals surface area contributed by atoms with Crippen molar-refractivity contribution in [2.24, 2.45) is 0 Å². The molecule has 3 rings (SSSR count). The smallest absolute Gasteiger partial charge is 0.164 e. The number of hydrogen-bond acceptors (Lipinski definition) is 5. The quantitative estimate of drug-likeness (QED) is 0.911. The first-order valence-corrected chi connectivity index (χ1v) is 7.33. The van der Waals surface area contributed by atoms with E-state index in [0.29, 0.717) is 13.2 Å². The van der Waals surface area contributed by atoms with Crippen molar-refractivity contribution < 1.29 is 24.1 Å². The maximum absolute atomic E-state index is 9.51. The van der Waals surface area contributed by atoms with Gasteiger partial charge in [-0.3, -0.25) is 0 Å². The van der Waals surface area contributed by atoms with Crippen LogP contribution in [0.3, 0.4) is 0 Å². The Kier molecular flexibility index (Phi) is 4.28. The monoisotopic (exact) mass is 294 g/mol. The molecule has 2 aliphatic heterocycles. The third-order valence-corrected chi connectivity index (χ3v) is 3.85. The summed E-state index contributed by atoms with van der Waals surface area (Å²) in [5.74, 6) is -0.641. The molecule has 1 aromatic carbocycles. The van der Waals surface area contributed by atoms with E-state index in [9.17, 15) is 5.11 Å². The zero-order valence-corrected chi connectivity index (χ0v) is 12.4. The van der Waals surface area contributed by atoms with Gasteiger partial charge in [0.25, 0.3) is 0 Å². The third kappa shape index (κ3) is 3.27. The molecule has 2 heterocycles. The van der Waals surface area contributed by atoms with Gasteiger partial charge < -0.3 is 24.1 Å². The minimum atomic E-state index is -0.641. The van der Waals surface area contributed by atoms with E-state index in [-0.39, 0.29) is 31.0 Å². The number of fused-ring (bicyclic) bond motifs is 1. The highest BCUT2D eigenvalue weighted by molar-refractivity contribution is 5.13. The van der Waals surface area contributed by atoms with Crippen molar-refractivity contribution in [3.05, 3.63) is 35.9 Å². The van der Waals surface area contributed by atoms with Crippen LogP contribution in [0, 0.1) is 0 Å². The topological polar surface area (TPSA) is 57.2 Å². The van der Waals surface area contributed by atoms with Crippen molar-refractivity contribution in [2.45, 2.75) is 50.7 Å². The van der Waals surface area contributed by atoms with Gasteiger partial charge >= 0.3 is 0 Å². The molecule has 2 saturated heterocycles. The standard InChI is InChI=1S/C16H22O5/c1-16(2)20-13-10-18-12(8-17)14(15(13)21-16)19-9-11-6-4-3-5-7-11/h3-7,12-15,17H,8-10H2,1-2H3/t12-,13-,14-,15-/m1/s1. The SMILES string of the molecule is CC1(C)O[C@H]2[C@H](OCc3ccccc3)[C@@H](CO)OC[C@H]2O1. The Morgan fingerprint density at radius 1 is 1.24 bits per heavy atom. The van der Waals surface area contributed by atoms with Crippen LogP contribution in [-0.2, 0) is 25.6 Å². The minimum absolute atomic E-state index is 0.0908. The summed E-state index contributed by atoms with van der Waals surface area (Å²) in [6.07, 6.45) is -1.08. The first-order chi connectivity index (χ1) is 10.1. The molecule has 0 spiro atoms. The molecule has 0 aliphatic carbocycles. The van der Waals surface area contributed by atoms with Crippen LogP contribution in [0.15, 0.2) is 30.3 Å². The molecule has 0 radical (unpaired) electrons. The van der Waals surface area contributed by atoms with Gasteiger partial charge in [0.15, 0.2) is 5.79 Å². The Morgan fingerprint density at radius 3 is 2.71 bits per heavy atom. The zero-order chi connectivity index (χ0) is 14.9. The van der Waals surface area contributed by atoms with E-state index >= 15 is 0 Å². The average Bonchev–Trinajstić information content (AvgIpc) is 2.80. The van der Waals surface area contributed by atoms with Gasteiger partial charge in [0, 0.05) is 0 Å². The van der Waals surface area contributed by atoms with Crippen LogP contribution in [0.1, 0.15) is 19.4 Å². The summed E-state index contributed by atoms with van der Waals surface area (Å²) in [6.45, 7) is 4.55. The van der Waals surface area contributed by atoms with E-state index in [1.807, 2.05) is 44.2 Å². The van der Waals surface area contributed by atoms with Crippen molar-refractivity contribution in [1.82, 2.24) is 0 Å². The molecule has 5 nitrogen and oxygen atoms in total. The fourth-order valence-electron chi connectivity index (χ4n) is 2.92. The van der Waals surface area contributed by atoms with Crippen LogP contribution in [0.4, 0.5) is 0 Å². The molecule has 116 valence electrons. The minimum Gasteiger partial charge on any atom is -0.394 e. The van der Waals surface area contributed by atoms with E-state index in [2.05, 4.69) is 0 Å². The Hall–Kier alpha value is -0.980. The fraction of sp³-hybridized carbons (Fsp3) is 0.625. The predicted octanol–water partition coefficient (Wildman–Crippen LogP) is 1.48. The van der Waals surface area contributed by atoms with Crippen LogP contribution >= 0.6 is 0 Å². The summed E-state index contributed by atoms with van der Waals surface area (Å²) >= 11 is 0. The van der Waals surface area contributed by atoms with Gasteiger partial charge in [0.1, 0.15) is 24.4 Å². The molecule has 0 saturated carbocycles. The van der Waals surface area contributed by atoms with Gasteiger partial charge in [-0.2, -0.15) is 0 Å². The molecule has 0 aromatic heterocycles. The molecule has 2 fully saturated rings. The van der Waals surface area contributed by atoms with Gasteiger partial charge in [0.2, 0.25) is 0 Å². The van der Waals surface area contributed by atoms with Gasteiger partial charge in [0.05, 0.1) is 19.8 Å². The maximum Gasteiger partial charge on any atom is 0.164 e. The predicted molar refractivity (Wildman–Crippen MR) is 75.7 cm³/mol. The molecule has 21 heavy (non-hydrogen) atoms. The molecule has 0 amide bonds. The summed E-state index contributed by atoms with van der Waals surface area (Å²) in [6, 6.07) is 9.92. The highest BCUT2D eigenvalue weighted by Crippen LogP contribution is 2.35. The second kappa shape index (κ2) is 6.02. The van der Waals surface area contributed by atoms with E-state index in [1.165, 1.54) is 0 Å². The molecule has 1 N–H and O–H groups in total.